The Labute approximate surface area is 124 Å². The maximum atomic E-state index is 12.0. The summed E-state index contributed by atoms with van der Waals surface area (Å²) in [6, 6.07) is -2.03. The summed E-state index contributed by atoms with van der Waals surface area (Å²) in [5, 5.41) is 11.0. The number of carbonyl (C=O) groups excluding carboxylic acids is 2. The van der Waals surface area contributed by atoms with Gasteiger partial charge in [0.15, 0.2) is 0 Å². The van der Waals surface area contributed by atoms with Gasteiger partial charge in [-0.15, -0.1) is 0 Å². The highest BCUT2D eigenvalue weighted by molar-refractivity contribution is 5.89. The van der Waals surface area contributed by atoms with Gasteiger partial charge >= 0.3 is 11.9 Å². The molecule has 1 aliphatic carbocycles. The number of aliphatic carboxylic acids is 1. The van der Waals surface area contributed by atoms with E-state index in [1.54, 1.807) is 0 Å². The first kappa shape index (κ1) is 17.4. The summed E-state index contributed by atoms with van der Waals surface area (Å²) in [7, 11) is 0. The van der Waals surface area contributed by atoms with E-state index in [-0.39, 0.29) is 6.10 Å². The lowest BCUT2D eigenvalue weighted by Crippen LogP contribution is -2.49. The van der Waals surface area contributed by atoms with Crippen LogP contribution in [0.3, 0.4) is 0 Å². The molecule has 4 N–H and O–H groups in total. The van der Waals surface area contributed by atoms with E-state index in [1.165, 1.54) is 6.92 Å². The van der Waals surface area contributed by atoms with Crippen LogP contribution in [0.5, 0.6) is 0 Å². The molecule has 0 radical (unpaired) electrons. The highest BCUT2D eigenvalue weighted by atomic mass is 16.5. The lowest BCUT2D eigenvalue weighted by molar-refractivity contribution is -0.156. The Morgan fingerprint density at radius 1 is 1.29 bits per heavy atom. The molecular weight excluding hydrogens is 276 g/mol. The molecule has 120 valence electrons. The second kappa shape index (κ2) is 7.40. The molecule has 7 nitrogen and oxygen atoms in total. The highest BCUT2D eigenvalue weighted by Gasteiger charge is 2.34. The molecule has 0 aromatic rings. The first-order valence-electron chi connectivity index (χ1n) is 7.20. The number of amides is 1. The third kappa shape index (κ3) is 5.00. The number of carboxylic acids is 1. The van der Waals surface area contributed by atoms with Crippen LogP contribution in [0, 0.1) is 11.8 Å². The van der Waals surface area contributed by atoms with Gasteiger partial charge in [-0.2, -0.15) is 0 Å². The lowest BCUT2D eigenvalue weighted by atomic mass is 10.0. The quantitative estimate of drug-likeness (QED) is 0.606. The molecule has 1 fully saturated rings. The van der Waals surface area contributed by atoms with Crippen LogP contribution in [0.1, 0.15) is 40.0 Å². The van der Waals surface area contributed by atoms with Crippen LogP contribution in [-0.2, 0) is 19.1 Å². The van der Waals surface area contributed by atoms with Crippen molar-refractivity contribution in [1.82, 2.24) is 5.32 Å². The van der Waals surface area contributed by atoms with Crippen LogP contribution in [0.25, 0.3) is 0 Å². The number of rotatable bonds is 6. The Morgan fingerprint density at radius 2 is 1.81 bits per heavy atom. The van der Waals surface area contributed by atoms with Crippen molar-refractivity contribution in [3.05, 3.63) is 0 Å². The van der Waals surface area contributed by atoms with Gasteiger partial charge in [0.2, 0.25) is 5.91 Å². The van der Waals surface area contributed by atoms with Gasteiger partial charge in [0, 0.05) is 0 Å². The molecule has 4 atom stereocenters. The smallest absolute Gasteiger partial charge is 0.328 e. The predicted octanol–water partition coefficient (Wildman–Crippen LogP) is 0.271. The number of hydrogen-bond donors (Lipinski definition) is 3. The van der Waals surface area contributed by atoms with E-state index in [4.69, 9.17) is 15.6 Å². The molecule has 0 aromatic heterocycles. The van der Waals surface area contributed by atoms with Crippen molar-refractivity contribution in [2.24, 2.45) is 17.6 Å². The molecule has 0 saturated heterocycles. The zero-order valence-corrected chi connectivity index (χ0v) is 12.7. The van der Waals surface area contributed by atoms with Crippen molar-refractivity contribution in [3.8, 4) is 0 Å². The summed E-state index contributed by atoms with van der Waals surface area (Å²) in [5.74, 6) is -1.74. The number of nitrogens with two attached hydrogens (primary N) is 1. The second-order valence-corrected chi connectivity index (χ2v) is 5.87. The van der Waals surface area contributed by atoms with Crippen molar-refractivity contribution >= 4 is 17.8 Å². The van der Waals surface area contributed by atoms with Crippen LogP contribution in [0.15, 0.2) is 0 Å². The van der Waals surface area contributed by atoms with Gasteiger partial charge in [-0.05, 0) is 31.6 Å². The number of hydrogen-bond acceptors (Lipinski definition) is 5. The van der Waals surface area contributed by atoms with E-state index < -0.39 is 36.4 Å². The molecule has 0 spiro atoms. The van der Waals surface area contributed by atoms with Crippen LogP contribution in [0.2, 0.25) is 0 Å². The van der Waals surface area contributed by atoms with E-state index in [1.807, 2.05) is 13.8 Å². The Bertz CT molecular complexity index is 402. The number of nitrogens with one attached hydrogen (secondary N) is 1. The number of esters is 1. The molecule has 1 aliphatic rings. The molecule has 7 heteroatoms. The third-order valence-electron chi connectivity index (χ3n) is 3.89. The van der Waals surface area contributed by atoms with Crippen LogP contribution in [-0.4, -0.2) is 41.1 Å². The monoisotopic (exact) mass is 300 g/mol. The second-order valence-electron chi connectivity index (χ2n) is 5.87. The minimum atomic E-state index is -1.18. The van der Waals surface area contributed by atoms with Gasteiger partial charge in [-0.1, -0.05) is 13.8 Å². The van der Waals surface area contributed by atoms with Gasteiger partial charge < -0.3 is 20.9 Å². The molecule has 1 rings (SSSR count). The molecule has 0 aliphatic heterocycles. The van der Waals surface area contributed by atoms with Gasteiger partial charge in [0.1, 0.15) is 12.1 Å². The van der Waals surface area contributed by atoms with E-state index in [2.05, 4.69) is 5.32 Å². The Morgan fingerprint density at radius 3 is 2.29 bits per heavy atom. The Balaban J connectivity index is 2.47. The number of carbonyl (C=O) groups is 3. The zero-order valence-electron chi connectivity index (χ0n) is 12.7. The maximum absolute atomic E-state index is 12.0. The fourth-order valence-corrected chi connectivity index (χ4v) is 2.54. The molecule has 0 bridgehead atoms. The van der Waals surface area contributed by atoms with Crippen molar-refractivity contribution in [2.75, 3.05) is 0 Å². The largest absolute Gasteiger partial charge is 0.481 e. The molecule has 0 aromatic carbocycles. The predicted molar refractivity (Wildman–Crippen MR) is 75.3 cm³/mol. The molecular formula is C14H24N2O5. The van der Waals surface area contributed by atoms with Crippen molar-refractivity contribution in [3.63, 3.8) is 0 Å². The molecule has 1 saturated carbocycles. The van der Waals surface area contributed by atoms with Crippen LogP contribution in [0.4, 0.5) is 0 Å². The topological polar surface area (TPSA) is 119 Å². The highest BCUT2D eigenvalue weighted by Crippen LogP contribution is 2.33. The van der Waals surface area contributed by atoms with Gasteiger partial charge in [0.05, 0.1) is 12.5 Å². The summed E-state index contributed by atoms with van der Waals surface area (Å²) >= 11 is 0. The maximum Gasteiger partial charge on any atom is 0.328 e. The molecule has 1 amide bonds. The number of carboxylic acid groups (broad SMARTS) is 1. The summed E-state index contributed by atoms with van der Waals surface area (Å²) in [4.78, 5) is 34.1. The summed E-state index contributed by atoms with van der Waals surface area (Å²) in [6.07, 6.45) is 1.42. The Hall–Kier alpha value is -1.63. The number of ether oxygens (including phenoxy) is 1. The van der Waals surface area contributed by atoms with Gasteiger partial charge in [-0.3, -0.25) is 9.59 Å². The minimum absolute atomic E-state index is 0.135. The minimum Gasteiger partial charge on any atom is -0.481 e. The average Bonchev–Trinajstić information content (AvgIpc) is 2.69. The van der Waals surface area contributed by atoms with E-state index in [0.29, 0.717) is 11.8 Å². The van der Waals surface area contributed by atoms with E-state index in [9.17, 15) is 14.4 Å². The van der Waals surface area contributed by atoms with Crippen molar-refractivity contribution in [1.29, 1.82) is 0 Å². The fourth-order valence-electron chi connectivity index (χ4n) is 2.54. The average molecular weight is 300 g/mol. The Kier molecular flexibility index (Phi) is 6.14. The molecule has 0 heterocycles. The zero-order chi connectivity index (χ0) is 16.2. The molecule has 2 unspecified atom stereocenters. The first-order chi connectivity index (χ1) is 9.72. The normalized spacial score (nSPS) is 27.7. The van der Waals surface area contributed by atoms with E-state index >= 15 is 0 Å². The van der Waals surface area contributed by atoms with Gasteiger partial charge in [-0.25, -0.2) is 4.79 Å². The first-order valence-corrected chi connectivity index (χ1v) is 7.20. The lowest BCUT2D eigenvalue weighted by Gasteiger charge is -2.23. The fraction of sp³-hybridized carbons (Fsp3) is 0.786. The third-order valence-corrected chi connectivity index (χ3v) is 3.89. The summed E-state index contributed by atoms with van der Waals surface area (Å²) < 4.78 is 5.45. The van der Waals surface area contributed by atoms with Crippen molar-refractivity contribution < 1.29 is 24.2 Å². The van der Waals surface area contributed by atoms with E-state index in [0.717, 1.165) is 12.8 Å². The van der Waals surface area contributed by atoms with Gasteiger partial charge in [0.25, 0.3) is 0 Å². The standard InChI is InChI=1S/C14H24N2O5/c1-7-4-5-8(2)12(7)21-14(20)9(3)16-13(19)10(15)6-11(17)18/h7-10,12H,4-6,15H2,1-3H3,(H,16,19)(H,17,18)/t7?,8?,9-,10-,12?/m0/s1. The SMILES string of the molecule is CC1CCC(C)C1OC(=O)[C@H](C)NC(=O)[C@@H](N)CC(=O)O. The van der Waals surface area contributed by atoms with Crippen LogP contribution < -0.4 is 11.1 Å². The summed E-state index contributed by atoms with van der Waals surface area (Å²) in [6.45, 7) is 5.57. The molecule has 21 heavy (non-hydrogen) atoms. The van der Waals surface area contributed by atoms with Crippen molar-refractivity contribution in [2.45, 2.75) is 58.2 Å². The summed E-state index contributed by atoms with van der Waals surface area (Å²) in [5.41, 5.74) is 5.43. The van der Waals surface area contributed by atoms with Crippen LogP contribution >= 0.6 is 0 Å².